The summed E-state index contributed by atoms with van der Waals surface area (Å²) >= 11 is 7.29. The number of carbonyl (C=O) groups is 2. The molecule has 1 N–H and O–H groups in total. The molecule has 30 heavy (non-hydrogen) atoms. The molecule has 10 heteroatoms. The minimum absolute atomic E-state index is 0.215. The van der Waals surface area contributed by atoms with Gasteiger partial charge in [0.15, 0.2) is 0 Å². The number of para-hydroxylation sites is 2. The number of anilines is 2. The van der Waals surface area contributed by atoms with E-state index in [9.17, 15) is 9.59 Å². The molecular weight excluding hydrogens is 424 g/mol. The second kappa shape index (κ2) is 7.73. The van der Waals surface area contributed by atoms with Crippen molar-refractivity contribution in [1.29, 1.82) is 0 Å². The van der Waals surface area contributed by atoms with Crippen molar-refractivity contribution in [2.75, 3.05) is 10.2 Å². The molecule has 0 aliphatic carbocycles. The van der Waals surface area contributed by atoms with E-state index in [-0.39, 0.29) is 11.8 Å². The molecule has 1 aliphatic rings. The third-order valence-corrected chi connectivity index (χ3v) is 6.11. The molecule has 1 aromatic heterocycles. The zero-order chi connectivity index (χ0) is 21.5. The van der Waals surface area contributed by atoms with Crippen molar-refractivity contribution in [3.8, 4) is 5.69 Å². The van der Waals surface area contributed by atoms with Gasteiger partial charge in [-0.25, -0.2) is 0 Å². The van der Waals surface area contributed by atoms with Crippen molar-refractivity contribution in [3.05, 3.63) is 53.6 Å². The van der Waals surface area contributed by atoms with Gasteiger partial charge in [-0.05, 0) is 61.5 Å². The highest BCUT2D eigenvalue weighted by atomic mass is 35.5. The number of thioether (sulfide) groups is 1. The molecule has 0 bridgehead atoms. The maximum Gasteiger partial charge on any atom is 0.250 e. The zero-order valence-corrected chi connectivity index (χ0v) is 18.1. The van der Waals surface area contributed by atoms with Crippen molar-refractivity contribution in [2.45, 2.75) is 36.7 Å². The van der Waals surface area contributed by atoms with Gasteiger partial charge in [-0.15, -0.1) is 5.10 Å². The Morgan fingerprint density at radius 3 is 2.73 bits per heavy atom. The lowest BCUT2D eigenvalue weighted by atomic mass is 9.96. The van der Waals surface area contributed by atoms with Crippen LogP contribution in [-0.4, -0.2) is 42.8 Å². The van der Waals surface area contributed by atoms with Crippen LogP contribution in [0.1, 0.15) is 20.8 Å². The van der Waals surface area contributed by atoms with Crippen molar-refractivity contribution in [3.63, 3.8) is 0 Å². The van der Waals surface area contributed by atoms with E-state index in [1.165, 1.54) is 16.4 Å². The Labute approximate surface area is 182 Å². The Kier molecular flexibility index (Phi) is 5.25. The molecule has 0 saturated carbocycles. The second-order valence-corrected chi connectivity index (χ2v) is 9.06. The average molecular weight is 443 g/mol. The highest BCUT2D eigenvalue weighted by Crippen LogP contribution is 2.38. The fourth-order valence-electron chi connectivity index (χ4n) is 3.26. The number of halogens is 1. The van der Waals surface area contributed by atoms with Gasteiger partial charge in [0.25, 0.3) is 0 Å². The number of amides is 2. The Morgan fingerprint density at radius 2 is 1.97 bits per heavy atom. The zero-order valence-electron chi connectivity index (χ0n) is 16.5. The first-order chi connectivity index (χ1) is 14.3. The molecule has 3 aromatic rings. The summed E-state index contributed by atoms with van der Waals surface area (Å²) in [6.07, 6.45) is 0. The molecule has 4 rings (SSSR count). The van der Waals surface area contributed by atoms with Crippen molar-refractivity contribution in [1.82, 2.24) is 20.2 Å². The summed E-state index contributed by atoms with van der Waals surface area (Å²) in [6.45, 7) is 5.22. The van der Waals surface area contributed by atoms with Crippen LogP contribution >= 0.6 is 23.4 Å². The van der Waals surface area contributed by atoms with Gasteiger partial charge in [0.05, 0.1) is 22.3 Å². The minimum atomic E-state index is -1.04. The van der Waals surface area contributed by atoms with Crippen LogP contribution in [-0.2, 0) is 9.59 Å². The van der Waals surface area contributed by atoms with E-state index in [0.717, 1.165) is 0 Å². The van der Waals surface area contributed by atoms with Crippen LogP contribution in [0.3, 0.4) is 0 Å². The van der Waals surface area contributed by atoms with Crippen molar-refractivity contribution < 1.29 is 9.59 Å². The average Bonchev–Trinajstić information content (AvgIpc) is 3.16. The number of carbonyl (C=O) groups excluding carboxylic acids is 2. The fourth-order valence-corrected chi connectivity index (χ4v) is 4.29. The van der Waals surface area contributed by atoms with Gasteiger partial charge in [-0.2, -0.15) is 4.68 Å². The summed E-state index contributed by atoms with van der Waals surface area (Å²) in [4.78, 5) is 27.7. The van der Waals surface area contributed by atoms with Crippen molar-refractivity contribution in [2.24, 2.45) is 0 Å². The number of nitrogens with one attached hydrogen (secondary N) is 1. The fraction of sp³-hybridized carbons (Fsp3) is 0.250. The molecule has 154 valence electrons. The van der Waals surface area contributed by atoms with Crippen LogP contribution in [0.5, 0.6) is 0 Å². The molecule has 1 aliphatic heterocycles. The molecule has 8 nitrogen and oxygen atoms in total. The lowest BCUT2D eigenvalue weighted by Gasteiger charge is -2.42. The topological polar surface area (TPSA) is 93.0 Å². The number of benzene rings is 2. The minimum Gasteiger partial charge on any atom is -0.322 e. The Bertz CT molecular complexity index is 1130. The van der Waals surface area contributed by atoms with Gasteiger partial charge >= 0.3 is 0 Å². The van der Waals surface area contributed by atoms with Crippen LogP contribution in [0.4, 0.5) is 11.4 Å². The Morgan fingerprint density at radius 1 is 1.20 bits per heavy atom. The molecule has 2 amide bonds. The van der Waals surface area contributed by atoms with Crippen LogP contribution in [0.25, 0.3) is 5.69 Å². The van der Waals surface area contributed by atoms with Gasteiger partial charge in [0, 0.05) is 5.02 Å². The molecule has 0 saturated heterocycles. The Hall–Kier alpha value is -2.91. The summed E-state index contributed by atoms with van der Waals surface area (Å²) in [5, 5.41) is 15.1. The first-order valence-corrected chi connectivity index (χ1v) is 10.5. The number of nitrogens with zero attached hydrogens (tertiary/aromatic N) is 5. The van der Waals surface area contributed by atoms with Crippen molar-refractivity contribution >= 4 is 46.6 Å². The van der Waals surface area contributed by atoms with Gasteiger partial charge in [0.1, 0.15) is 5.54 Å². The van der Waals surface area contributed by atoms with Gasteiger partial charge in [-0.3, -0.25) is 14.5 Å². The smallest absolute Gasteiger partial charge is 0.250 e. The quantitative estimate of drug-likeness (QED) is 0.621. The maximum absolute atomic E-state index is 13.5. The largest absolute Gasteiger partial charge is 0.322 e. The number of rotatable bonds is 4. The number of hydrogen-bond donors (Lipinski definition) is 1. The van der Waals surface area contributed by atoms with E-state index >= 15 is 0 Å². The number of fused-ring (bicyclic) bond motifs is 1. The number of hydrogen-bond acceptors (Lipinski definition) is 6. The number of aromatic nitrogens is 4. The third-order valence-electron chi connectivity index (χ3n) is 4.85. The van der Waals surface area contributed by atoms with E-state index in [1.807, 2.05) is 24.3 Å². The van der Waals surface area contributed by atoms with Gasteiger partial charge in [0.2, 0.25) is 17.0 Å². The summed E-state index contributed by atoms with van der Waals surface area (Å²) in [5.74, 6) is -0.455. The lowest BCUT2D eigenvalue weighted by Crippen LogP contribution is -2.60. The van der Waals surface area contributed by atoms with E-state index < -0.39 is 10.8 Å². The second-order valence-electron chi connectivity index (χ2n) is 7.32. The lowest BCUT2D eigenvalue weighted by molar-refractivity contribution is -0.126. The van der Waals surface area contributed by atoms with Crippen LogP contribution in [0.2, 0.25) is 5.02 Å². The molecule has 1 unspecified atom stereocenters. The Balaban J connectivity index is 1.64. The first kappa shape index (κ1) is 20.4. The molecule has 2 heterocycles. The van der Waals surface area contributed by atoms with E-state index in [4.69, 9.17) is 11.6 Å². The first-order valence-electron chi connectivity index (χ1n) is 9.24. The SMILES string of the molecule is CC(Sc1nnnn1-c1cccc(Cl)c1)C(=O)N1c2ccccc2NC(=O)C1(C)C. The normalized spacial score (nSPS) is 16.0. The van der Waals surface area contributed by atoms with Gasteiger partial charge < -0.3 is 5.32 Å². The summed E-state index contributed by atoms with van der Waals surface area (Å²) in [6, 6.07) is 14.4. The van der Waals surface area contributed by atoms with E-state index in [0.29, 0.717) is 27.2 Å². The predicted molar refractivity (Wildman–Crippen MR) is 116 cm³/mol. The summed E-state index contributed by atoms with van der Waals surface area (Å²) < 4.78 is 1.53. The van der Waals surface area contributed by atoms with Crippen LogP contribution < -0.4 is 10.2 Å². The molecule has 1 atom stereocenters. The number of tetrazole rings is 1. The highest BCUT2D eigenvalue weighted by Gasteiger charge is 2.45. The molecular formula is C20H19ClN6O2S. The van der Waals surface area contributed by atoms with E-state index in [1.54, 1.807) is 49.9 Å². The monoisotopic (exact) mass is 442 g/mol. The van der Waals surface area contributed by atoms with E-state index in [2.05, 4.69) is 20.8 Å². The summed E-state index contributed by atoms with van der Waals surface area (Å²) in [7, 11) is 0. The molecule has 0 radical (unpaired) electrons. The predicted octanol–water partition coefficient (Wildman–Crippen LogP) is 3.56. The maximum atomic E-state index is 13.5. The van der Waals surface area contributed by atoms with Gasteiger partial charge in [-0.1, -0.05) is 41.6 Å². The van der Waals surface area contributed by atoms with Crippen LogP contribution in [0, 0.1) is 0 Å². The molecule has 2 aromatic carbocycles. The molecule has 0 fully saturated rings. The standard InChI is InChI=1S/C20H19ClN6O2S/c1-12(30-19-23-24-25-27(19)14-8-6-7-13(21)11-14)17(28)26-16-10-5-4-9-15(16)22-18(29)20(26,2)3/h4-12H,1-3H3,(H,22,29). The van der Waals surface area contributed by atoms with Crippen LogP contribution in [0.15, 0.2) is 53.7 Å². The molecule has 0 spiro atoms. The summed E-state index contributed by atoms with van der Waals surface area (Å²) in [5.41, 5.74) is 0.918. The third kappa shape index (κ3) is 3.54. The highest BCUT2D eigenvalue weighted by molar-refractivity contribution is 8.00.